The minimum atomic E-state index is 0.0367. The summed E-state index contributed by atoms with van der Waals surface area (Å²) in [5.41, 5.74) is 2.92. The van der Waals surface area contributed by atoms with E-state index in [4.69, 9.17) is 0 Å². The van der Waals surface area contributed by atoms with E-state index in [1.807, 2.05) is 41.1 Å². The van der Waals surface area contributed by atoms with Crippen LogP contribution < -0.4 is 4.90 Å². The number of rotatable bonds is 1. The van der Waals surface area contributed by atoms with Crippen LogP contribution in [-0.4, -0.2) is 5.91 Å². The molecule has 73 valence electrons. The Morgan fingerprint density at radius 2 is 2.00 bits per heavy atom. The molecule has 1 aliphatic rings. The summed E-state index contributed by atoms with van der Waals surface area (Å²) in [6, 6.07) is 9.77. The number of fused-ring (bicyclic) bond motifs is 1. The summed E-state index contributed by atoms with van der Waals surface area (Å²) in [5.74, 6) is 0.0367. The summed E-state index contributed by atoms with van der Waals surface area (Å²) in [7, 11) is 0. The van der Waals surface area contributed by atoms with Crippen molar-refractivity contribution in [2.45, 2.75) is 0 Å². The van der Waals surface area contributed by atoms with E-state index in [1.54, 1.807) is 22.7 Å². The molecule has 3 heteroatoms. The fraction of sp³-hybridized carbons (Fsp3) is 0. The highest BCUT2D eigenvalue weighted by molar-refractivity contribution is 7.08. The Labute approximate surface area is 91.8 Å². The van der Waals surface area contributed by atoms with Gasteiger partial charge in [-0.1, -0.05) is 18.2 Å². The number of thiophene rings is 1. The van der Waals surface area contributed by atoms with E-state index in [-0.39, 0.29) is 5.91 Å². The van der Waals surface area contributed by atoms with E-state index in [0.717, 1.165) is 16.9 Å². The number of anilines is 2. The van der Waals surface area contributed by atoms with E-state index in [2.05, 4.69) is 0 Å². The van der Waals surface area contributed by atoms with E-state index in [1.165, 1.54) is 0 Å². The molecule has 2 nitrogen and oxygen atoms in total. The SMILES string of the molecule is O=C1[CH]c2ccccc2N1c1ccsc1. The Hall–Kier alpha value is -1.61. The van der Waals surface area contributed by atoms with Gasteiger partial charge in [0.15, 0.2) is 0 Å². The van der Waals surface area contributed by atoms with Crippen molar-refractivity contribution in [2.24, 2.45) is 0 Å². The first kappa shape index (κ1) is 8.68. The van der Waals surface area contributed by atoms with Gasteiger partial charge in [0, 0.05) is 5.38 Å². The average Bonchev–Trinajstić information content (AvgIpc) is 2.82. The molecule has 0 spiro atoms. The van der Waals surface area contributed by atoms with Crippen LogP contribution in [0.2, 0.25) is 0 Å². The third kappa shape index (κ3) is 1.27. The standard InChI is InChI=1S/C12H8NOS/c14-12-7-9-3-1-2-4-11(9)13(12)10-5-6-15-8-10/h1-8H. The lowest BCUT2D eigenvalue weighted by atomic mass is 10.2. The summed E-state index contributed by atoms with van der Waals surface area (Å²) in [5, 5.41) is 3.96. The van der Waals surface area contributed by atoms with Gasteiger partial charge in [-0.2, -0.15) is 11.3 Å². The molecule has 2 aromatic rings. The quantitative estimate of drug-likeness (QED) is 0.714. The van der Waals surface area contributed by atoms with Gasteiger partial charge in [-0.15, -0.1) is 0 Å². The number of hydrogen-bond acceptors (Lipinski definition) is 2. The zero-order chi connectivity index (χ0) is 10.3. The maximum atomic E-state index is 11.8. The van der Waals surface area contributed by atoms with Crippen LogP contribution in [0.15, 0.2) is 41.1 Å². The molecule has 1 aliphatic heterocycles. The molecule has 2 heterocycles. The van der Waals surface area contributed by atoms with Crippen LogP contribution in [0, 0.1) is 6.42 Å². The molecule has 1 aromatic heterocycles. The molecule has 0 saturated heterocycles. The zero-order valence-electron chi connectivity index (χ0n) is 7.88. The van der Waals surface area contributed by atoms with Gasteiger partial charge in [0.05, 0.1) is 17.8 Å². The van der Waals surface area contributed by atoms with Gasteiger partial charge in [0.1, 0.15) is 0 Å². The Bertz CT molecular complexity index is 504. The largest absolute Gasteiger partial charge is 0.279 e. The van der Waals surface area contributed by atoms with Gasteiger partial charge in [0.2, 0.25) is 5.91 Å². The molecule has 3 rings (SSSR count). The molecule has 0 N–H and O–H groups in total. The van der Waals surface area contributed by atoms with Crippen LogP contribution in [0.4, 0.5) is 11.4 Å². The number of nitrogens with zero attached hydrogens (tertiary/aromatic N) is 1. The second-order valence-corrected chi connectivity index (χ2v) is 4.14. The van der Waals surface area contributed by atoms with Gasteiger partial charge >= 0.3 is 0 Å². The van der Waals surface area contributed by atoms with Crippen LogP contribution in [-0.2, 0) is 4.79 Å². The lowest BCUT2D eigenvalue weighted by Crippen LogP contribution is -2.19. The Morgan fingerprint density at radius 3 is 2.80 bits per heavy atom. The number of benzene rings is 1. The first-order valence-corrected chi connectivity index (χ1v) is 5.60. The Morgan fingerprint density at radius 1 is 1.13 bits per heavy atom. The fourth-order valence-corrected chi connectivity index (χ4v) is 2.40. The molecule has 0 bridgehead atoms. The highest BCUT2D eigenvalue weighted by Crippen LogP contribution is 2.36. The summed E-state index contributed by atoms with van der Waals surface area (Å²) in [6.45, 7) is 0. The summed E-state index contributed by atoms with van der Waals surface area (Å²) >= 11 is 1.60. The molecule has 15 heavy (non-hydrogen) atoms. The van der Waals surface area contributed by atoms with Crippen molar-refractivity contribution < 1.29 is 4.79 Å². The summed E-state index contributed by atoms with van der Waals surface area (Å²) < 4.78 is 0. The number of para-hydroxylation sites is 1. The lowest BCUT2D eigenvalue weighted by Gasteiger charge is -2.14. The second-order valence-electron chi connectivity index (χ2n) is 3.36. The van der Waals surface area contributed by atoms with Gasteiger partial charge < -0.3 is 0 Å². The first-order valence-electron chi connectivity index (χ1n) is 4.66. The molecule has 0 saturated carbocycles. The topological polar surface area (TPSA) is 20.3 Å². The highest BCUT2D eigenvalue weighted by Gasteiger charge is 2.28. The maximum absolute atomic E-state index is 11.8. The summed E-state index contributed by atoms with van der Waals surface area (Å²) in [4.78, 5) is 13.5. The number of hydrogen-bond donors (Lipinski definition) is 0. The van der Waals surface area contributed by atoms with E-state index < -0.39 is 0 Å². The third-order valence-electron chi connectivity index (χ3n) is 2.44. The Balaban J connectivity index is 2.14. The molecule has 0 unspecified atom stereocenters. The predicted molar refractivity (Wildman–Crippen MR) is 61.3 cm³/mol. The van der Waals surface area contributed by atoms with Crippen molar-refractivity contribution in [1.29, 1.82) is 0 Å². The minimum absolute atomic E-state index is 0.0367. The molecule has 0 aliphatic carbocycles. The first-order chi connectivity index (χ1) is 7.36. The van der Waals surface area contributed by atoms with Crippen LogP contribution in [0.25, 0.3) is 0 Å². The Kier molecular flexibility index (Phi) is 1.86. The van der Waals surface area contributed by atoms with Crippen molar-refractivity contribution in [2.75, 3.05) is 4.90 Å². The second kappa shape index (κ2) is 3.21. The van der Waals surface area contributed by atoms with Crippen LogP contribution in [0.3, 0.4) is 0 Å². The molecule has 1 aromatic carbocycles. The predicted octanol–water partition coefficient (Wildman–Crippen LogP) is 2.98. The third-order valence-corrected chi connectivity index (χ3v) is 3.11. The zero-order valence-corrected chi connectivity index (χ0v) is 8.70. The van der Waals surface area contributed by atoms with Crippen molar-refractivity contribution in [3.05, 3.63) is 53.1 Å². The van der Waals surface area contributed by atoms with Crippen molar-refractivity contribution >= 4 is 28.6 Å². The van der Waals surface area contributed by atoms with Crippen LogP contribution in [0.1, 0.15) is 5.56 Å². The lowest BCUT2D eigenvalue weighted by molar-refractivity contribution is -0.114. The van der Waals surface area contributed by atoms with Gasteiger partial charge in [-0.3, -0.25) is 9.69 Å². The van der Waals surface area contributed by atoms with Crippen molar-refractivity contribution in [3.8, 4) is 0 Å². The number of carbonyl (C=O) groups excluding carboxylic acids is 1. The summed E-state index contributed by atoms with van der Waals surface area (Å²) in [6.07, 6.45) is 1.67. The van der Waals surface area contributed by atoms with E-state index >= 15 is 0 Å². The van der Waals surface area contributed by atoms with Gasteiger partial charge in [-0.25, -0.2) is 0 Å². The highest BCUT2D eigenvalue weighted by atomic mass is 32.1. The van der Waals surface area contributed by atoms with Crippen LogP contribution in [0.5, 0.6) is 0 Å². The molecular weight excluding hydrogens is 206 g/mol. The average molecular weight is 214 g/mol. The van der Waals surface area contributed by atoms with Crippen molar-refractivity contribution in [3.63, 3.8) is 0 Å². The normalized spacial score (nSPS) is 14.4. The van der Waals surface area contributed by atoms with Gasteiger partial charge in [-0.05, 0) is 23.1 Å². The molecule has 0 fully saturated rings. The van der Waals surface area contributed by atoms with Crippen LogP contribution >= 0.6 is 11.3 Å². The van der Waals surface area contributed by atoms with E-state index in [0.29, 0.717) is 0 Å². The molecule has 1 amide bonds. The fourth-order valence-electron chi connectivity index (χ4n) is 1.78. The minimum Gasteiger partial charge on any atom is -0.279 e. The monoisotopic (exact) mass is 214 g/mol. The molecule has 1 radical (unpaired) electrons. The smallest absolute Gasteiger partial charge is 0.240 e. The van der Waals surface area contributed by atoms with Gasteiger partial charge in [0.25, 0.3) is 0 Å². The maximum Gasteiger partial charge on any atom is 0.240 e. The van der Waals surface area contributed by atoms with Crippen molar-refractivity contribution in [1.82, 2.24) is 0 Å². The number of amides is 1. The van der Waals surface area contributed by atoms with E-state index in [9.17, 15) is 4.79 Å². The molecular formula is C12H8NOS. The number of carbonyl (C=O) groups is 1. The molecule has 0 atom stereocenters.